The van der Waals surface area contributed by atoms with Gasteiger partial charge in [-0.15, -0.1) is 0 Å². The van der Waals surface area contributed by atoms with Gasteiger partial charge >= 0.3 is 6.18 Å². The Kier molecular flexibility index (Phi) is 4.73. The number of aromatic amines is 1. The number of hydrogen-bond acceptors (Lipinski definition) is 5. The van der Waals surface area contributed by atoms with Crippen molar-refractivity contribution in [1.29, 1.82) is 0 Å². The summed E-state index contributed by atoms with van der Waals surface area (Å²) in [7, 11) is 0. The highest BCUT2D eigenvalue weighted by molar-refractivity contribution is 6.12. The second kappa shape index (κ2) is 6.86. The molecular formula is C17H16F3N5O2. The summed E-state index contributed by atoms with van der Waals surface area (Å²) in [6.45, 7) is 7.54. The average Bonchev–Trinajstić information content (AvgIpc) is 3.06. The number of allylic oxidation sites excluding steroid dienone is 1. The molecule has 1 aliphatic heterocycles. The van der Waals surface area contributed by atoms with Crippen LogP contribution in [-0.4, -0.2) is 50.3 Å². The number of carbonyl (C=O) groups is 2. The lowest BCUT2D eigenvalue weighted by Crippen LogP contribution is -2.43. The van der Waals surface area contributed by atoms with Crippen LogP contribution in [0.1, 0.15) is 23.2 Å². The van der Waals surface area contributed by atoms with Crippen LogP contribution in [-0.2, 0) is 4.79 Å². The standard InChI is InChI=1S/C17H16F3N5O2/c1-3-12(26)25-7-10(5-4-9(25)2)24-16-13-11(14(27)17(18,19)20)6-21-15(13)22-8-23-16/h3,6,8,10H,1-2,4-5,7H2,(H2,21,22,23,24)/t10-/m1/s1. The maximum Gasteiger partial charge on any atom is 0.454 e. The van der Waals surface area contributed by atoms with E-state index >= 15 is 0 Å². The molecule has 10 heteroatoms. The Morgan fingerprint density at radius 2 is 2.11 bits per heavy atom. The molecule has 1 atom stereocenters. The maximum absolute atomic E-state index is 12.9. The van der Waals surface area contributed by atoms with Crippen LogP contribution in [0.2, 0.25) is 0 Å². The van der Waals surface area contributed by atoms with E-state index in [4.69, 9.17) is 0 Å². The second-order valence-corrected chi connectivity index (χ2v) is 6.07. The van der Waals surface area contributed by atoms with Crippen LogP contribution in [0.25, 0.3) is 11.0 Å². The molecule has 27 heavy (non-hydrogen) atoms. The molecule has 1 amide bonds. The van der Waals surface area contributed by atoms with E-state index in [2.05, 4.69) is 33.4 Å². The number of piperidine rings is 1. The highest BCUT2D eigenvalue weighted by atomic mass is 19.4. The minimum Gasteiger partial charge on any atom is -0.365 e. The molecule has 1 fully saturated rings. The minimum absolute atomic E-state index is 0.0363. The monoisotopic (exact) mass is 379 g/mol. The number of halogens is 3. The van der Waals surface area contributed by atoms with Crippen molar-refractivity contribution in [3.8, 4) is 0 Å². The molecular weight excluding hydrogens is 363 g/mol. The summed E-state index contributed by atoms with van der Waals surface area (Å²) in [5.41, 5.74) is 0.194. The number of alkyl halides is 3. The summed E-state index contributed by atoms with van der Waals surface area (Å²) in [5.74, 6) is -2.20. The van der Waals surface area contributed by atoms with Gasteiger partial charge in [0.25, 0.3) is 5.78 Å². The molecule has 0 aliphatic carbocycles. The van der Waals surface area contributed by atoms with E-state index in [0.29, 0.717) is 18.5 Å². The fourth-order valence-corrected chi connectivity index (χ4v) is 2.99. The molecule has 0 spiro atoms. The lowest BCUT2D eigenvalue weighted by Gasteiger charge is -2.34. The third kappa shape index (κ3) is 3.55. The Labute approximate surface area is 152 Å². The summed E-state index contributed by atoms with van der Waals surface area (Å²) in [5, 5.41) is 2.99. The van der Waals surface area contributed by atoms with Crippen LogP contribution in [0.15, 0.2) is 37.5 Å². The average molecular weight is 379 g/mol. The SMILES string of the molecule is C=CC(=O)N1C[C@H](Nc2ncnc3[nH]cc(C(=O)C(F)(F)F)c23)CCC1=C. The lowest BCUT2D eigenvalue weighted by atomic mass is 10.0. The quantitative estimate of drug-likeness (QED) is 0.630. The number of amides is 1. The molecule has 1 saturated heterocycles. The molecule has 1 aliphatic rings. The lowest BCUT2D eigenvalue weighted by molar-refractivity contribution is -0.124. The number of anilines is 1. The Hall–Kier alpha value is -3.17. The molecule has 0 aromatic carbocycles. The van der Waals surface area contributed by atoms with Crippen molar-refractivity contribution in [2.75, 3.05) is 11.9 Å². The van der Waals surface area contributed by atoms with Crippen LogP contribution in [0.5, 0.6) is 0 Å². The van der Waals surface area contributed by atoms with Gasteiger partial charge in [-0.25, -0.2) is 9.97 Å². The number of nitrogens with zero attached hydrogens (tertiary/aromatic N) is 3. The van der Waals surface area contributed by atoms with Gasteiger partial charge in [-0.05, 0) is 18.9 Å². The highest BCUT2D eigenvalue weighted by Crippen LogP contribution is 2.31. The van der Waals surface area contributed by atoms with Crippen molar-refractivity contribution in [3.63, 3.8) is 0 Å². The summed E-state index contributed by atoms with van der Waals surface area (Å²) < 4.78 is 38.6. The van der Waals surface area contributed by atoms with Crippen LogP contribution in [0.4, 0.5) is 19.0 Å². The Balaban J connectivity index is 1.92. The summed E-state index contributed by atoms with van der Waals surface area (Å²) >= 11 is 0. The van der Waals surface area contributed by atoms with E-state index in [9.17, 15) is 22.8 Å². The summed E-state index contributed by atoms with van der Waals surface area (Å²) in [6.07, 6.45) is -0.583. The van der Waals surface area contributed by atoms with Crippen molar-refractivity contribution in [1.82, 2.24) is 19.9 Å². The molecule has 0 bridgehead atoms. The van der Waals surface area contributed by atoms with Crippen LogP contribution in [0.3, 0.4) is 0 Å². The first-order chi connectivity index (χ1) is 12.7. The van der Waals surface area contributed by atoms with Crippen molar-refractivity contribution in [2.24, 2.45) is 0 Å². The van der Waals surface area contributed by atoms with Crippen molar-refractivity contribution < 1.29 is 22.8 Å². The van der Waals surface area contributed by atoms with E-state index in [1.807, 2.05) is 0 Å². The predicted octanol–water partition coefficient (Wildman–Crippen LogP) is 2.81. The normalized spacial score (nSPS) is 17.8. The molecule has 0 unspecified atom stereocenters. The molecule has 0 saturated carbocycles. The van der Waals surface area contributed by atoms with Crippen LogP contribution < -0.4 is 5.32 Å². The van der Waals surface area contributed by atoms with Gasteiger partial charge in [0.15, 0.2) is 0 Å². The largest absolute Gasteiger partial charge is 0.454 e. The number of likely N-dealkylation sites (tertiary alicyclic amines) is 1. The number of aromatic nitrogens is 3. The van der Waals surface area contributed by atoms with Gasteiger partial charge in [-0.1, -0.05) is 13.2 Å². The van der Waals surface area contributed by atoms with E-state index in [-0.39, 0.29) is 35.3 Å². The zero-order chi connectivity index (χ0) is 19.8. The molecule has 2 aromatic rings. The van der Waals surface area contributed by atoms with Crippen molar-refractivity contribution in [2.45, 2.75) is 25.1 Å². The molecule has 3 rings (SSSR count). The minimum atomic E-state index is -5.02. The van der Waals surface area contributed by atoms with Gasteiger partial charge in [-0.2, -0.15) is 13.2 Å². The van der Waals surface area contributed by atoms with E-state index < -0.39 is 17.5 Å². The molecule has 3 heterocycles. The number of carbonyl (C=O) groups excluding carboxylic acids is 2. The first-order valence-corrected chi connectivity index (χ1v) is 8.04. The van der Waals surface area contributed by atoms with Crippen LogP contribution >= 0.6 is 0 Å². The third-order valence-electron chi connectivity index (χ3n) is 4.32. The van der Waals surface area contributed by atoms with Crippen LogP contribution in [0, 0.1) is 0 Å². The maximum atomic E-state index is 12.9. The fourth-order valence-electron chi connectivity index (χ4n) is 2.99. The Morgan fingerprint density at radius 1 is 1.37 bits per heavy atom. The van der Waals surface area contributed by atoms with Gasteiger partial charge in [0.1, 0.15) is 17.8 Å². The van der Waals surface area contributed by atoms with Gasteiger partial charge in [0.2, 0.25) is 5.91 Å². The number of rotatable bonds is 4. The molecule has 0 radical (unpaired) electrons. The number of H-pyrrole nitrogens is 1. The molecule has 2 aromatic heterocycles. The number of nitrogens with one attached hydrogen (secondary N) is 2. The first kappa shape index (κ1) is 18.6. The molecule has 142 valence electrons. The first-order valence-electron chi connectivity index (χ1n) is 8.04. The Morgan fingerprint density at radius 3 is 2.78 bits per heavy atom. The van der Waals surface area contributed by atoms with Crippen molar-refractivity contribution >= 4 is 28.5 Å². The fraction of sp³-hybridized carbons (Fsp3) is 0.294. The summed E-state index contributed by atoms with van der Waals surface area (Å²) in [6, 6.07) is -0.291. The Bertz CT molecular complexity index is 934. The van der Waals surface area contributed by atoms with Crippen molar-refractivity contribution in [3.05, 3.63) is 43.0 Å². The topological polar surface area (TPSA) is 91.0 Å². The molecule has 2 N–H and O–H groups in total. The summed E-state index contributed by atoms with van der Waals surface area (Å²) in [4.78, 5) is 35.5. The second-order valence-electron chi connectivity index (χ2n) is 6.07. The third-order valence-corrected chi connectivity index (χ3v) is 4.32. The van der Waals surface area contributed by atoms with Gasteiger partial charge < -0.3 is 15.2 Å². The van der Waals surface area contributed by atoms with Gasteiger partial charge in [0, 0.05) is 24.5 Å². The molecule has 7 nitrogen and oxygen atoms in total. The van der Waals surface area contributed by atoms with E-state index in [1.165, 1.54) is 17.3 Å². The van der Waals surface area contributed by atoms with E-state index in [0.717, 1.165) is 6.20 Å². The number of Topliss-reactive ketones (excluding diaryl/α,β-unsaturated/α-hetero) is 1. The van der Waals surface area contributed by atoms with E-state index in [1.54, 1.807) is 0 Å². The number of ketones is 1. The smallest absolute Gasteiger partial charge is 0.365 e. The highest BCUT2D eigenvalue weighted by Gasteiger charge is 2.41. The number of fused-ring (bicyclic) bond motifs is 1. The van der Waals surface area contributed by atoms with Gasteiger partial charge in [0.05, 0.1) is 10.9 Å². The zero-order valence-corrected chi connectivity index (χ0v) is 14.1. The predicted molar refractivity (Wildman–Crippen MR) is 92.0 cm³/mol. The zero-order valence-electron chi connectivity index (χ0n) is 14.1. The van der Waals surface area contributed by atoms with Gasteiger partial charge in [-0.3, -0.25) is 9.59 Å². The number of hydrogen-bond donors (Lipinski definition) is 2.